The summed E-state index contributed by atoms with van der Waals surface area (Å²) in [6, 6.07) is -0.457. The average Bonchev–Trinajstić information content (AvgIpc) is 2.89. The van der Waals surface area contributed by atoms with Gasteiger partial charge in [0, 0.05) is 23.5 Å². The standard InChI is InChI=1S/C16H22N6O2S/c1-9-11(10(2)22-15(18-9)20-16(21-22)25-3)8-13(23)19-12-6-4-5-7-17-14(12)24/h12H,4-8H2,1-3H3,(H,17,24)(H,19,23). The minimum absolute atomic E-state index is 0.103. The molecule has 2 aromatic rings. The quantitative estimate of drug-likeness (QED) is 0.780. The summed E-state index contributed by atoms with van der Waals surface area (Å²) in [6.45, 7) is 4.44. The fourth-order valence-electron chi connectivity index (χ4n) is 3.02. The van der Waals surface area contributed by atoms with E-state index in [4.69, 9.17) is 0 Å². The second-order valence-corrected chi connectivity index (χ2v) is 6.93. The van der Waals surface area contributed by atoms with Crippen LogP contribution in [0.5, 0.6) is 0 Å². The van der Waals surface area contributed by atoms with Crippen LogP contribution in [-0.2, 0) is 16.0 Å². The van der Waals surface area contributed by atoms with Crippen LogP contribution in [0.3, 0.4) is 0 Å². The van der Waals surface area contributed by atoms with Crippen LogP contribution in [0.2, 0.25) is 0 Å². The molecule has 0 aliphatic carbocycles. The molecule has 2 aromatic heterocycles. The van der Waals surface area contributed by atoms with E-state index in [0.717, 1.165) is 29.8 Å². The van der Waals surface area contributed by atoms with Gasteiger partial charge in [-0.15, -0.1) is 5.10 Å². The zero-order valence-electron chi connectivity index (χ0n) is 14.6. The number of nitrogens with zero attached hydrogens (tertiary/aromatic N) is 4. The Morgan fingerprint density at radius 2 is 2.16 bits per heavy atom. The second-order valence-electron chi connectivity index (χ2n) is 6.16. The van der Waals surface area contributed by atoms with Crippen molar-refractivity contribution in [3.63, 3.8) is 0 Å². The van der Waals surface area contributed by atoms with E-state index in [0.29, 0.717) is 23.9 Å². The van der Waals surface area contributed by atoms with Gasteiger partial charge < -0.3 is 10.6 Å². The SMILES string of the molecule is CSc1nc2nc(C)c(CC(=O)NC3CCCCNC3=O)c(C)n2n1. The maximum atomic E-state index is 12.5. The van der Waals surface area contributed by atoms with Gasteiger partial charge in [-0.2, -0.15) is 4.98 Å². The Balaban J connectivity index is 1.79. The zero-order valence-corrected chi connectivity index (χ0v) is 15.4. The van der Waals surface area contributed by atoms with E-state index >= 15 is 0 Å². The van der Waals surface area contributed by atoms with Crippen molar-refractivity contribution >= 4 is 29.4 Å². The Hall–Kier alpha value is -2.16. The molecule has 1 fully saturated rings. The lowest BCUT2D eigenvalue weighted by molar-refractivity contribution is -0.128. The molecule has 1 aliphatic heterocycles. The lowest BCUT2D eigenvalue weighted by Gasteiger charge is -2.16. The molecule has 1 unspecified atom stereocenters. The molecule has 8 nitrogen and oxygen atoms in total. The van der Waals surface area contributed by atoms with E-state index < -0.39 is 6.04 Å². The number of thioether (sulfide) groups is 1. The molecular weight excluding hydrogens is 340 g/mol. The summed E-state index contributed by atoms with van der Waals surface area (Å²) in [5.41, 5.74) is 2.41. The maximum absolute atomic E-state index is 12.5. The number of fused-ring (bicyclic) bond motifs is 1. The summed E-state index contributed by atoms with van der Waals surface area (Å²) in [6.07, 6.45) is 4.61. The van der Waals surface area contributed by atoms with Crippen molar-refractivity contribution in [3.05, 3.63) is 17.0 Å². The molecule has 1 atom stereocenters. The molecular formula is C16H22N6O2S. The van der Waals surface area contributed by atoms with Gasteiger partial charge in [0.05, 0.1) is 6.42 Å². The molecule has 3 heterocycles. The van der Waals surface area contributed by atoms with Crippen LogP contribution in [0.1, 0.15) is 36.2 Å². The molecule has 9 heteroatoms. The van der Waals surface area contributed by atoms with E-state index in [9.17, 15) is 9.59 Å². The van der Waals surface area contributed by atoms with E-state index in [1.807, 2.05) is 20.1 Å². The summed E-state index contributed by atoms with van der Waals surface area (Å²) in [7, 11) is 0. The van der Waals surface area contributed by atoms with E-state index in [-0.39, 0.29) is 18.2 Å². The Morgan fingerprint density at radius 1 is 1.36 bits per heavy atom. The lowest BCUT2D eigenvalue weighted by Crippen LogP contribution is -2.46. The van der Waals surface area contributed by atoms with Crippen LogP contribution < -0.4 is 10.6 Å². The number of aromatic nitrogens is 4. The molecule has 0 saturated carbocycles. The fraction of sp³-hybridized carbons (Fsp3) is 0.562. The number of hydrogen-bond acceptors (Lipinski definition) is 6. The van der Waals surface area contributed by atoms with Crippen LogP contribution in [-0.4, -0.2) is 50.2 Å². The molecule has 25 heavy (non-hydrogen) atoms. The maximum Gasteiger partial charge on any atom is 0.253 e. The van der Waals surface area contributed by atoms with Crippen molar-refractivity contribution in [2.45, 2.75) is 50.7 Å². The second kappa shape index (κ2) is 7.38. The first-order valence-corrected chi connectivity index (χ1v) is 9.56. The van der Waals surface area contributed by atoms with Gasteiger partial charge in [-0.05, 0) is 39.4 Å². The number of amides is 2. The van der Waals surface area contributed by atoms with Crippen molar-refractivity contribution in [2.24, 2.45) is 0 Å². The normalized spacial score (nSPS) is 18.0. The molecule has 0 spiro atoms. The van der Waals surface area contributed by atoms with Gasteiger partial charge in [-0.25, -0.2) is 9.50 Å². The van der Waals surface area contributed by atoms with E-state index in [2.05, 4.69) is 25.7 Å². The highest BCUT2D eigenvalue weighted by Gasteiger charge is 2.23. The number of carbonyl (C=O) groups is 2. The Bertz CT molecular complexity index is 819. The van der Waals surface area contributed by atoms with E-state index in [1.165, 1.54) is 11.8 Å². The number of rotatable bonds is 4. The summed E-state index contributed by atoms with van der Waals surface area (Å²) in [5.74, 6) is 0.250. The van der Waals surface area contributed by atoms with Crippen molar-refractivity contribution in [3.8, 4) is 0 Å². The third-order valence-corrected chi connectivity index (χ3v) is 4.96. The molecule has 3 rings (SSSR count). The monoisotopic (exact) mass is 362 g/mol. The van der Waals surface area contributed by atoms with Gasteiger partial charge in [0.25, 0.3) is 5.78 Å². The lowest BCUT2D eigenvalue weighted by atomic mass is 10.1. The third-order valence-electron chi connectivity index (χ3n) is 4.42. The molecule has 0 bridgehead atoms. The Kier molecular flexibility index (Phi) is 5.22. The average molecular weight is 362 g/mol. The van der Waals surface area contributed by atoms with Gasteiger partial charge in [0.15, 0.2) is 0 Å². The topological polar surface area (TPSA) is 101 Å². The largest absolute Gasteiger partial charge is 0.354 e. The predicted molar refractivity (Wildman–Crippen MR) is 94.5 cm³/mol. The van der Waals surface area contributed by atoms with Crippen molar-refractivity contribution in [1.29, 1.82) is 0 Å². The van der Waals surface area contributed by atoms with Crippen LogP contribution in [0, 0.1) is 13.8 Å². The number of hydrogen-bond donors (Lipinski definition) is 2. The van der Waals surface area contributed by atoms with Gasteiger partial charge in [-0.3, -0.25) is 9.59 Å². The minimum atomic E-state index is -0.457. The Morgan fingerprint density at radius 3 is 2.92 bits per heavy atom. The number of aryl methyl sites for hydroxylation is 2. The van der Waals surface area contributed by atoms with Crippen molar-refractivity contribution in [2.75, 3.05) is 12.8 Å². The molecule has 134 valence electrons. The van der Waals surface area contributed by atoms with Gasteiger partial charge in [0.2, 0.25) is 17.0 Å². The first kappa shape index (κ1) is 17.7. The summed E-state index contributed by atoms with van der Waals surface area (Å²) >= 11 is 1.45. The highest BCUT2D eigenvalue weighted by Crippen LogP contribution is 2.17. The van der Waals surface area contributed by atoms with Crippen LogP contribution in [0.25, 0.3) is 5.78 Å². The smallest absolute Gasteiger partial charge is 0.253 e. The van der Waals surface area contributed by atoms with Crippen LogP contribution in [0.4, 0.5) is 0 Å². The first-order valence-electron chi connectivity index (χ1n) is 8.33. The Labute approximate surface area is 150 Å². The number of carbonyl (C=O) groups excluding carboxylic acids is 2. The van der Waals surface area contributed by atoms with Crippen LogP contribution >= 0.6 is 11.8 Å². The molecule has 2 N–H and O–H groups in total. The minimum Gasteiger partial charge on any atom is -0.354 e. The van der Waals surface area contributed by atoms with Gasteiger partial charge in [0.1, 0.15) is 6.04 Å². The highest BCUT2D eigenvalue weighted by molar-refractivity contribution is 7.98. The molecule has 0 aromatic carbocycles. The fourth-order valence-corrected chi connectivity index (χ4v) is 3.35. The van der Waals surface area contributed by atoms with Crippen molar-refractivity contribution in [1.82, 2.24) is 30.2 Å². The summed E-state index contributed by atoms with van der Waals surface area (Å²) in [5, 5.41) is 10.7. The van der Waals surface area contributed by atoms with E-state index in [1.54, 1.807) is 4.52 Å². The summed E-state index contributed by atoms with van der Waals surface area (Å²) < 4.78 is 1.67. The number of nitrogens with one attached hydrogen (secondary N) is 2. The molecule has 2 amide bonds. The third kappa shape index (κ3) is 3.76. The predicted octanol–water partition coefficient (Wildman–Crippen LogP) is 0.790. The van der Waals surface area contributed by atoms with Gasteiger partial charge in [-0.1, -0.05) is 11.8 Å². The molecule has 0 radical (unpaired) electrons. The van der Waals surface area contributed by atoms with Gasteiger partial charge >= 0.3 is 0 Å². The zero-order chi connectivity index (χ0) is 18.0. The van der Waals surface area contributed by atoms with Crippen molar-refractivity contribution < 1.29 is 9.59 Å². The first-order chi connectivity index (χ1) is 12.0. The highest BCUT2D eigenvalue weighted by atomic mass is 32.2. The molecule has 1 aliphatic rings. The molecule has 1 saturated heterocycles. The summed E-state index contributed by atoms with van der Waals surface area (Å²) in [4.78, 5) is 33.2. The van der Waals surface area contributed by atoms with Crippen LogP contribution in [0.15, 0.2) is 5.16 Å².